The molecule has 170 valence electrons. The van der Waals surface area contributed by atoms with Gasteiger partial charge in [-0.15, -0.1) is 0 Å². The van der Waals surface area contributed by atoms with Crippen LogP contribution in [0.4, 0.5) is 8.78 Å². The summed E-state index contributed by atoms with van der Waals surface area (Å²) in [6, 6.07) is 29.7. The molecule has 0 radical (unpaired) electrons. The van der Waals surface area contributed by atoms with Crippen LogP contribution in [0.1, 0.15) is 0 Å². The first-order valence-corrected chi connectivity index (χ1v) is 11.7. The first kappa shape index (κ1) is 19.6. The molecule has 0 saturated carbocycles. The molecule has 0 unspecified atom stereocenters. The number of furan rings is 2. The fourth-order valence-corrected chi connectivity index (χ4v) is 5.47. The van der Waals surface area contributed by atoms with Crippen LogP contribution < -0.4 is 0 Å². The monoisotopic (exact) mass is 470 g/mol. The molecule has 0 spiro atoms. The minimum atomic E-state index is -0.272. The highest BCUT2D eigenvalue weighted by Gasteiger charge is 2.17. The predicted molar refractivity (Wildman–Crippen MR) is 141 cm³/mol. The molecule has 0 aliphatic carbocycles. The molecule has 8 aromatic rings. The van der Waals surface area contributed by atoms with Crippen LogP contribution >= 0.6 is 0 Å². The minimum absolute atomic E-state index is 0.272. The lowest BCUT2D eigenvalue weighted by Crippen LogP contribution is -1.81. The molecule has 0 saturated heterocycles. The molecule has 2 heterocycles. The molecule has 36 heavy (non-hydrogen) atoms. The molecule has 2 aromatic heterocycles. The molecule has 0 aliphatic heterocycles. The van der Waals surface area contributed by atoms with E-state index in [-0.39, 0.29) is 11.6 Å². The van der Waals surface area contributed by atoms with E-state index in [1.165, 1.54) is 0 Å². The smallest absolute Gasteiger partial charge is 0.143 e. The number of hydrogen-bond acceptors (Lipinski definition) is 2. The zero-order valence-electron chi connectivity index (χ0n) is 18.8. The summed E-state index contributed by atoms with van der Waals surface area (Å²) >= 11 is 0. The third-order valence-corrected chi connectivity index (χ3v) is 7.19. The highest BCUT2D eigenvalue weighted by atomic mass is 19.1. The second-order valence-electron chi connectivity index (χ2n) is 9.19. The topological polar surface area (TPSA) is 26.3 Å². The number of benzene rings is 6. The zero-order chi connectivity index (χ0) is 24.0. The Bertz CT molecular complexity index is 2030. The molecule has 0 N–H and O–H groups in total. The molecule has 8 rings (SSSR count). The lowest BCUT2D eigenvalue weighted by atomic mass is 9.99. The molecule has 2 nitrogen and oxygen atoms in total. The fraction of sp³-hybridized carbons (Fsp3) is 0. The first-order chi connectivity index (χ1) is 17.7. The van der Waals surface area contributed by atoms with Crippen LogP contribution in [0, 0.1) is 11.6 Å². The Morgan fingerprint density at radius 3 is 1.25 bits per heavy atom. The van der Waals surface area contributed by atoms with Gasteiger partial charge in [-0.1, -0.05) is 60.7 Å². The van der Waals surface area contributed by atoms with Gasteiger partial charge in [0.05, 0.1) is 0 Å². The van der Waals surface area contributed by atoms with Gasteiger partial charge in [0.25, 0.3) is 0 Å². The van der Waals surface area contributed by atoms with Crippen LogP contribution in [0.15, 0.2) is 106 Å². The van der Waals surface area contributed by atoms with Gasteiger partial charge in [0.15, 0.2) is 0 Å². The van der Waals surface area contributed by atoms with Gasteiger partial charge in [-0.3, -0.25) is 0 Å². The van der Waals surface area contributed by atoms with Gasteiger partial charge in [0.2, 0.25) is 0 Å². The van der Waals surface area contributed by atoms with Crippen LogP contribution in [0.2, 0.25) is 0 Å². The van der Waals surface area contributed by atoms with Crippen molar-refractivity contribution in [2.75, 3.05) is 0 Å². The third kappa shape index (κ3) is 2.58. The fourth-order valence-electron chi connectivity index (χ4n) is 5.47. The van der Waals surface area contributed by atoms with Crippen molar-refractivity contribution >= 4 is 65.4 Å². The van der Waals surface area contributed by atoms with E-state index < -0.39 is 0 Å². The Labute approximate surface area is 202 Å². The Morgan fingerprint density at radius 1 is 0.389 bits per heavy atom. The molecule has 6 aromatic carbocycles. The molecular weight excluding hydrogens is 454 g/mol. The Hall–Kier alpha value is -4.70. The van der Waals surface area contributed by atoms with Crippen molar-refractivity contribution in [3.63, 3.8) is 0 Å². The maximum absolute atomic E-state index is 14.9. The number of fused-ring (bicyclic) bond motifs is 10. The van der Waals surface area contributed by atoms with Gasteiger partial charge < -0.3 is 8.83 Å². The van der Waals surface area contributed by atoms with Gasteiger partial charge in [0, 0.05) is 43.1 Å². The van der Waals surface area contributed by atoms with Gasteiger partial charge >= 0.3 is 0 Å². The van der Waals surface area contributed by atoms with Crippen molar-refractivity contribution in [1.29, 1.82) is 0 Å². The number of rotatable bonds is 1. The summed E-state index contributed by atoms with van der Waals surface area (Å²) in [7, 11) is 0. The maximum atomic E-state index is 14.9. The van der Waals surface area contributed by atoms with E-state index in [4.69, 9.17) is 8.83 Å². The SMILES string of the molecule is Fc1cc2c3cc(-c4ccc5oc6c7ccccc7c(F)cc6c5c4)ccc3oc2c2ccccc12. The largest absolute Gasteiger partial charge is 0.455 e. The van der Waals surface area contributed by atoms with Crippen LogP contribution in [-0.2, 0) is 0 Å². The summed E-state index contributed by atoms with van der Waals surface area (Å²) in [5.74, 6) is -0.543. The van der Waals surface area contributed by atoms with Crippen molar-refractivity contribution < 1.29 is 17.6 Å². The molecule has 4 heteroatoms. The van der Waals surface area contributed by atoms with E-state index in [0.717, 1.165) is 43.4 Å². The van der Waals surface area contributed by atoms with Gasteiger partial charge in [-0.25, -0.2) is 8.78 Å². The second-order valence-corrected chi connectivity index (χ2v) is 9.19. The zero-order valence-corrected chi connectivity index (χ0v) is 18.8. The van der Waals surface area contributed by atoms with Crippen LogP contribution in [-0.4, -0.2) is 0 Å². The van der Waals surface area contributed by atoms with E-state index in [9.17, 15) is 8.78 Å². The Balaban J connectivity index is 1.37. The molecule has 0 bridgehead atoms. The van der Waals surface area contributed by atoms with Gasteiger partial charge in [-0.2, -0.15) is 0 Å². The van der Waals surface area contributed by atoms with Gasteiger partial charge in [-0.05, 0) is 47.5 Å². The second kappa shape index (κ2) is 6.92. The highest BCUT2D eigenvalue weighted by molar-refractivity contribution is 6.17. The molecule has 0 fully saturated rings. The van der Waals surface area contributed by atoms with Crippen molar-refractivity contribution in [3.8, 4) is 11.1 Å². The standard InChI is InChI=1S/C32H16F2O2/c33-27-15-25-23-13-17(9-11-29(23)35-31(25)21-7-3-1-5-19(21)27)18-10-12-30-24(14-18)26-16-28(34)20-6-2-4-8-22(20)32(26)36-30/h1-16H. The maximum Gasteiger partial charge on any atom is 0.143 e. The predicted octanol–water partition coefficient (Wildman–Crippen LogP) is 9.74. The minimum Gasteiger partial charge on any atom is -0.455 e. The highest BCUT2D eigenvalue weighted by Crippen LogP contribution is 2.40. The van der Waals surface area contributed by atoms with Crippen LogP contribution in [0.25, 0.3) is 76.5 Å². The van der Waals surface area contributed by atoms with E-state index >= 15 is 0 Å². The third-order valence-electron chi connectivity index (χ3n) is 7.19. The first-order valence-electron chi connectivity index (χ1n) is 11.7. The molecular formula is C32H16F2O2. The summed E-state index contributed by atoms with van der Waals surface area (Å²) in [5, 5.41) is 5.78. The molecule has 0 atom stereocenters. The van der Waals surface area contributed by atoms with Crippen LogP contribution in [0.5, 0.6) is 0 Å². The van der Waals surface area contributed by atoms with Crippen molar-refractivity contribution in [2.24, 2.45) is 0 Å². The van der Waals surface area contributed by atoms with Crippen molar-refractivity contribution in [1.82, 2.24) is 0 Å². The lowest BCUT2D eigenvalue weighted by molar-refractivity contribution is 0.639. The summed E-state index contributed by atoms with van der Waals surface area (Å²) < 4.78 is 42.1. The summed E-state index contributed by atoms with van der Waals surface area (Å²) in [6.07, 6.45) is 0. The summed E-state index contributed by atoms with van der Waals surface area (Å²) in [4.78, 5) is 0. The average molecular weight is 470 g/mol. The van der Waals surface area contributed by atoms with E-state index in [1.807, 2.05) is 72.8 Å². The van der Waals surface area contributed by atoms with Crippen LogP contribution in [0.3, 0.4) is 0 Å². The van der Waals surface area contributed by atoms with Gasteiger partial charge in [0.1, 0.15) is 34.0 Å². The van der Waals surface area contributed by atoms with Crippen molar-refractivity contribution in [2.45, 2.75) is 0 Å². The quantitative estimate of drug-likeness (QED) is 0.239. The Kier molecular flexibility index (Phi) is 3.77. The lowest BCUT2D eigenvalue weighted by Gasteiger charge is -2.03. The van der Waals surface area contributed by atoms with E-state index in [1.54, 1.807) is 24.3 Å². The number of halogens is 2. The molecule has 0 aliphatic rings. The van der Waals surface area contributed by atoms with Crippen molar-refractivity contribution in [3.05, 3.63) is 109 Å². The van der Waals surface area contributed by atoms with E-state index in [2.05, 4.69) is 0 Å². The normalized spacial score (nSPS) is 12.2. The summed E-state index contributed by atoms with van der Waals surface area (Å²) in [6.45, 7) is 0. The Morgan fingerprint density at radius 2 is 0.806 bits per heavy atom. The number of hydrogen-bond donors (Lipinski definition) is 0. The van der Waals surface area contributed by atoms with E-state index in [0.29, 0.717) is 33.1 Å². The summed E-state index contributed by atoms with van der Waals surface area (Å²) in [5.41, 5.74) is 4.67. The molecule has 0 amide bonds. The average Bonchev–Trinajstić information content (AvgIpc) is 3.47.